The molecule has 4 atom stereocenters. The van der Waals surface area contributed by atoms with E-state index in [1.165, 1.54) is 0 Å². The lowest BCUT2D eigenvalue weighted by atomic mass is 9.88. The van der Waals surface area contributed by atoms with Gasteiger partial charge in [-0.05, 0) is 24.7 Å². The first-order valence-corrected chi connectivity index (χ1v) is 10.4. The number of likely N-dealkylation sites (N-methyl/N-ethyl adjacent to an activating group) is 2. The zero-order chi connectivity index (χ0) is 21.6. The normalized spacial score (nSPS) is 25.1. The number of para-hydroxylation sites is 1. The second-order valence-corrected chi connectivity index (χ2v) is 8.25. The van der Waals surface area contributed by atoms with Gasteiger partial charge in [-0.3, -0.25) is 14.5 Å². The number of hydrogen-bond acceptors (Lipinski definition) is 5. The van der Waals surface area contributed by atoms with Crippen LogP contribution in [0.2, 0.25) is 0 Å². The third-order valence-corrected chi connectivity index (χ3v) is 6.65. The van der Waals surface area contributed by atoms with Gasteiger partial charge in [-0.15, -0.1) is 0 Å². The number of likely N-dealkylation sites (tertiary alicyclic amines) is 1. The van der Waals surface area contributed by atoms with Gasteiger partial charge >= 0.3 is 0 Å². The first-order valence-electron chi connectivity index (χ1n) is 10.4. The van der Waals surface area contributed by atoms with E-state index in [1.807, 2.05) is 47.9 Å². The Hall–Kier alpha value is -2.64. The van der Waals surface area contributed by atoms with Crippen molar-refractivity contribution < 1.29 is 14.6 Å². The molecule has 2 aliphatic rings. The molecule has 1 aromatic heterocycles. The Labute approximate surface area is 176 Å². The van der Waals surface area contributed by atoms with Gasteiger partial charge in [0.25, 0.3) is 5.56 Å². The number of hydrogen-bond donors (Lipinski definition) is 1. The Morgan fingerprint density at radius 3 is 2.57 bits per heavy atom. The lowest BCUT2D eigenvalue weighted by Gasteiger charge is -2.31. The molecule has 1 aromatic carbocycles. The van der Waals surface area contributed by atoms with Crippen LogP contribution < -0.4 is 10.3 Å². The Morgan fingerprint density at radius 2 is 1.93 bits per heavy atom. The van der Waals surface area contributed by atoms with Crippen LogP contribution in [-0.2, 0) is 11.3 Å². The van der Waals surface area contributed by atoms with Gasteiger partial charge < -0.3 is 19.3 Å². The van der Waals surface area contributed by atoms with Crippen LogP contribution in [0.5, 0.6) is 5.75 Å². The van der Waals surface area contributed by atoms with E-state index in [2.05, 4.69) is 4.90 Å². The lowest BCUT2D eigenvalue weighted by molar-refractivity contribution is -0.135. The molecule has 1 fully saturated rings. The smallest absolute Gasteiger partial charge is 0.258 e. The summed E-state index contributed by atoms with van der Waals surface area (Å²) in [5, 5.41) is 10.2. The number of aromatic nitrogens is 1. The van der Waals surface area contributed by atoms with Crippen molar-refractivity contribution in [2.75, 3.05) is 34.4 Å². The molecule has 160 valence electrons. The van der Waals surface area contributed by atoms with Crippen molar-refractivity contribution in [1.82, 2.24) is 14.4 Å². The predicted octanol–water partition coefficient (Wildman–Crippen LogP) is 1.60. The molecule has 4 rings (SSSR count). The first-order chi connectivity index (χ1) is 14.4. The van der Waals surface area contributed by atoms with E-state index in [4.69, 9.17) is 4.74 Å². The van der Waals surface area contributed by atoms with Crippen LogP contribution in [0.15, 0.2) is 41.2 Å². The number of methoxy groups -OCH3 is 1. The van der Waals surface area contributed by atoms with E-state index in [-0.39, 0.29) is 42.0 Å². The zero-order valence-corrected chi connectivity index (χ0v) is 17.9. The minimum absolute atomic E-state index is 0.00448. The monoisotopic (exact) mass is 411 g/mol. The summed E-state index contributed by atoms with van der Waals surface area (Å²) in [6, 6.07) is 10.9. The summed E-state index contributed by atoms with van der Waals surface area (Å²) in [4.78, 5) is 30.1. The fourth-order valence-electron chi connectivity index (χ4n) is 5.30. The number of aliphatic hydroxyl groups is 1. The first kappa shape index (κ1) is 20.6. The highest BCUT2D eigenvalue weighted by atomic mass is 16.5. The molecule has 3 heterocycles. The summed E-state index contributed by atoms with van der Waals surface area (Å²) >= 11 is 0. The maximum atomic E-state index is 13.4. The summed E-state index contributed by atoms with van der Waals surface area (Å²) in [5.41, 5.74) is 2.22. The van der Waals surface area contributed by atoms with Crippen molar-refractivity contribution in [2.45, 2.75) is 25.6 Å². The summed E-state index contributed by atoms with van der Waals surface area (Å²) in [6.07, 6.45) is 0. The summed E-state index contributed by atoms with van der Waals surface area (Å²) < 4.78 is 7.27. The van der Waals surface area contributed by atoms with Crippen molar-refractivity contribution in [2.24, 2.45) is 11.8 Å². The number of nitrogens with zero attached hydrogens (tertiary/aromatic N) is 3. The molecule has 0 bridgehead atoms. The van der Waals surface area contributed by atoms with Crippen LogP contribution in [0.4, 0.5) is 0 Å². The molecule has 0 saturated carbocycles. The average Bonchev–Trinajstić information content (AvgIpc) is 3.27. The van der Waals surface area contributed by atoms with Crippen LogP contribution in [0, 0.1) is 11.8 Å². The van der Waals surface area contributed by atoms with E-state index in [9.17, 15) is 14.7 Å². The van der Waals surface area contributed by atoms with Crippen molar-refractivity contribution >= 4 is 5.91 Å². The van der Waals surface area contributed by atoms with Gasteiger partial charge in [0.15, 0.2) is 0 Å². The molecular weight excluding hydrogens is 382 g/mol. The molecule has 1 saturated heterocycles. The van der Waals surface area contributed by atoms with Gasteiger partial charge in [-0.1, -0.05) is 25.1 Å². The fourth-order valence-corrected chi connectivity index (χ4v) is 5.30. The predicted molar refractivity (Wildman–Crippen MR) is 114 cm³/mol. The average molecular weight is 412 g/mol. The third-order valence-electron chi connectivity index (χ3n) is 6.65. The van der Waals surface area contributed by atoms with Gasteiger partial charge in [0.05, 0.1) is 24.8 Å². The van der Waals surface area contributed by atoms with Crippen molar-refractivity contribution in [3.05, 3.63) is 52.4 Å². The molecule has 7 nitrogen and oxygen atoms in total. The van der Waals surface area contributed by atoms with Gasteiger partial charge in [0.2, 0.25) is 5.91 Å². The minimum Gasteiger partial charge on any atom is -0.496 e. The van der Waals surface area contributed by atoms with Crippen molar-refractivity contribution in [3.63, 3.8) is 0 Å². The van der Waals surface area contributed by atoms with E-state index in [1.54, 1.807) is 26.1 Å². The Kier molecular flexibility index (Phi) is 5.42. The van der Waals surface area contributed by atoms with Crippen LogP contribution in [-0.4, -0.2) is 65.8 Å². The highest BCUT2D eigenvalue weighted by Gasteiger charge is 2.55. The summed E-state index contributed by atoms with van der Waals surface area (Å²) in [7, 11) is 5.09. The van der Waals surface area contributed by atoms with Crippen LogP contribution >= 0.6 is 0 Å². The molecule has 7 heteroatoms. The molecule has 30 heavy (non-hydrogen) atoms. The number of aliphatic hydroxyl groups excluding tert-OH is 1. The van der Waals surface area contributed by atoms with E-state index in [0.717, 1.165) is 11.3 Å². The molecule has 0 radical (unpaired) electrons. The molecule has 1 N–H and O–H groups in total. The number of benzene rings is 1. The van der Waals surface area contributed by atoms with E-state index >= 15 is 0 Å². The van der Waals surface area contributed by atoms with Gasteiger partial charge in [-0.2, -0.15) is 0 Å². The lowest BCUT2D eigenvalue weighted by Crippen LogP contribution is -2.47. The Morgan fingerprint density at radius 1 is 1.20 bits per heavy atom. The number of fused-ring (bicyclic) bond motifs is 3. The standard InChI is InChI=1S/C23H29N3O4/c1-5-25-20-16(17(13-27)21(25)23(29)24(2)3)12-26-18(20)11-10-15(22(26)28)14-8-6-7-9-19(14)30-4/h6-11,16-17,20-21,27H,5,12-13H2,1-4H3/t16-,17-,20+,21-/m0/s1. The molecule has 0 spiro atoms. The fraction of sp³-hybridized carbons (Fsp3) is 0.478. The maximum Gasteiger partial charge on any atom is 0.258 e. The van der Waals surface area contributed by atoms with Crippen LogP contribution in [0.1, 0.15) is 18.7 Å². The van der Waals surface area contributed by atoms with E-state index < -0.39 is 0 Å². The number of carbonyl (C=O) groups is 1. The SMILES string of the molecule is CCN1[C@H](C(=O)N(C)C)[C@@H](CO)[C@@H]2Cn3c(ccc(-c4ccccc4OC)c3=O)[C@@H]21. The highest BCUT2D eigenvalue weighted by molar-refractivity contribution is 5.82. The summed E-state index contributed by atoms with van der Waals surface area (Å²) in [6.45, 7) is 3.12. The Balaban J connectivity index is 1.80. The summed E-state index contributed by atoms with van der Waals surface area (Å²) in [5.74, 6) is 0.474. The Bertz CT molecular complexity index is 1020. The van der Waals surface area contributed by atoms with E-state index in [0.29, 0.717) is 24.4 Å². The van der Waals surface area contributed by atoms with Crippen LogP contribution in [0.3, 0.4) is 0 Å². The number of ether oxygens (including phenoxy) is 1. The molecule has 2 aromatic rings. The second kappa shape index (κ2) is 7.89. The molecule has 0 unspecified atom stereocenters. The topological polar surface area (TPSA) is 75.0 Å². The number of amides is 1. The van der Waals surface area contributed by atoms with Gasteiger partial charge in [-0.25, -0.2) is 0 Å². The minimum atomic E-state index is -0.372. The highest BCUT2D eigenvalue weighted by Crippen LogP contribution is 2.49. The third kappa shape index (κ3) is 2.96. The van der Waals surface area contributed by atoms with Crippen LogP contribution in [0.25, 0.3) is 11.1 Å². The van der Waals surface area contributed by atoms with Gasteiger partial charge in [0, 0.05) is 50.3 Å². The molecular formula is C23H29N3O4. The zero-order valence-electron chi connectivity index (χ0n) is 17.9. The molecule has 2 aliphatic heterocycles. The van der Waals surface area contributed by atoms with Gasteiger partial charge in [0.1, 0.15) is 5.75 Å². The molecule has 0 aliphatic carbocycles. The largest absolute Gasteiger partial charge is 0.496 e. The maximum absolute atomic E-state index is 13.4. The number of carbonyl (C=O) groups excluding carboxylic acids is 1. The molecule has 1 amide bonds. The second-order valence-electron chi connectivity index (χ2n) is 8.25. The van der Waals surface area contributed by atoms with Crippen molar-refractivity contribution in [1.29, 1.82) is 0 Å². The number of pyridine rings is 1. The van der Waals surface area contributed by atoms with Crippen molar-refractivity contribution in [3.8, 4) is 16.9 Å². The number of rotatable bonds is 5. The quantitative estimate of drug-likeness (QED) is 0.809.